The summed E-state index contributed by atoms with van der Waals surface area (Å²) < 4.78 is 5.54. The summed E-state index contributed by atoms with van der Waals surface area (Å²) in [7, 11) is 0. The standard InChI is InChI=1S/C9H10INO3/c1-2-14-9(13)8(12)6-3-7(10)5-11-4-6/h3-5,8,12H,2H2,1H3/t8-/m0/s1. The second kappa shape index (κ2) is 5.26. The molecule has 0 saturated carbocycles. The molecule has 1 rings (SSSR count). The van der Waals surface area contributed by atoms with Crippen LogP contribution in [-0.2, 0) is 9.53 Å². The highest BCUT2D eigenvalue weighted by Crippen LogP contribution is 2.15. The molecule has 0 aliphatic carbocycles. The Labute approximate surface area is 95.4 Å². The normalized spacial score (nSPS) is 12.2. The summed E-state index contributed by atoms with van der Waals surface area (Å²) in [5.41, 5.74) is 0.454. The number of ether oxygens (including phenoxy) is 1. The molecule has 0 saturated heterocycles. The third-order valence-corrected chi connectivity index (χ3v) is 2.14. The molecule has 0 spiro atoms. The van der Waals surface area contributed by atoms with E-state index in [9.17, 15) is 9.90 Å². The van der Waals surface area contributed by atoms with Crippen molar-refractivity contribution in [3.05, 3.63) is 27.6 Å². The number of hydrogen-bond acceptors (Lipinski definition) is 4. The van der Waals surface area contributed by atoms with Crippen LogP contribution in [0.4, 0.5) is 0 Å². The van der Waals surface area contributed by atoms with E-state index in [0.29, 0.717) is 5.56 Å². The van der Waals surface area contributed by atoms with Gasteiger partial charge >= 0.3 is 5.97 Å². The Hall–Kier alpha value is -0.690. The van der Waals surface area contributed by atoms with Gasteiger partial charge in [0.05, 0.1) is 6.61 Å². The van der Waals surface area contributed by atoms with Gasteiger partial charge < -0.3 is 9.84 Å². The van der Waals surface area contributed by atoms with Crippen LogP contribution in [0.2, 0.25) is 0 Å². The number of halogens is 1. The van der Waals surface area contributed by atoms with Crippen molar-refractivity contribution in [3.8, 4) is 0 Å². The summed E-state index contributed by atoms with van der Waals surface area (Å²) in [5.74, 6) is -0.642. The first kappa shape index (κ1) is 11.4. The van der Waals surface area contributed by atoms with Crippen LogP contribution in [-0.4, -0.2) is 22.7 Å². The lowest BCUT2D eigenvalue weighted by molar-refractivity contribution is -0.153. The number of pyridine rings is 1. The Bertz CT molecular complexity index is 330. The zero-order valence-electron chi connectivity index (χ0n) is 7.61. The molecule has 1 atom stereocenters. The number of rotatable bonds is 3. The minimum atomic E-state index is -1.24. The largest absolute Gasteiger partial charge is 0.464 e. The minimum absolute atomic E-state index is 0.257. The van der Waals surface area contributed by atoms with Crippen LogP contribution in [0.25, 0.3) is 0 Å². The SMILES string of the molecule is CCOC(=O)[C@@H](O)c1cncc(I)c1. The number of aromatic nitrogens is 1. The summed E-state index contributed by atoms with van der Waals surface area (Å²) >= 11 is 2.06. The molecule has 4 nitrogen and oxygen atoms in total. The smallest absolute Gasteiger partial charge is 0.339 e. The Morgan fingerprint density at radius 1 is 1.71 bits per heavy atom. The number of aliphatic hydroxyl groups is 1. The maximum Gasteiger partial charge on any atom is 0.339 e. The van der Waals surface area contributed by atoms with Gasteiger partial charge in [0.25, 0.3) is 0 Å². The van der Waals surface area contributed by atoms with E-state index in [1.54, 1.807) is 19.2 Å². The molecule has 0 bridgehead atoms. The Morgan fingerprint density at radius 2 is 2.43 bits per heavy atom. The Morgan fingerprint density at radius 3 is 3.00 bits per heavy atom. The minimum Gasteiger partial charge on any atom is -0.464 e. The first-order chi connectivity index (χ1) is 6.65. The van der Waals surface area contributed by atoms with Crippen LogP contribution in [0.5, 0.6) is 0 Å². The fraction of sp³-hybridized carbons (Fsp3) is 0.333. The molecular weight excluding hydrogens is 297 g/mol. The molecule has 1 aromatic heterocycles. The van der Waals surface area contributed by atoms with Gasteiger partial charge in [-0.2, -0.15) is 0 Å². The van der Waals surface area contributed by atoms with Crippen molar-refractivity contribution in [1.29, 1.82) is 0 Å². The fourth-order valence-corrected chi connectivity index (χ4v) is 1.46. The Kier molecular flexibility index (Phi) is 4.27. The van der Waals surface area contributed by atoms with Crippen molar-refractivity contribution in [3.63, 3.8) is 0 Å². The lowest BCUT2D eigenvalue weighted by atomic mass is 10.2. The molecule has 0 amide bonds. The summed E-state index contributed by atoms with van der Waals surface area (Å²) in [6.45, 7) is 1.95. The van der Waals surface area contributed by atoms with Gasteiger partial charge in [0.2, 0.25) is 0 Å². The summed E-state index contributed by atoms with van der Waals surface area (Å²) in [4.78, 5) is 15.0. The van der Waals surface area contributed by atoms with Gasteiger partial charge in [-0.25, -0.2) is 4.79 Å². The van der Waals surface area contributed by atoms with Gasteiger partial charge in [-0.1, -0.05) is 0 Å². The van der Waals surface area contributed by atoms with Crippen molar-refractivity contribution >= 4 is 28.6 Å². The van der Waals surface area contributed by atoms with E-state index in [2.05, 4.69) is 32.3 Å². The van der Waals surface area contributed by atoms with Gasteiger partial charge in [0.1, 0.15) is 0 Å². The molecule has 1 N–H and O–H groups in total. The number of carbonyl (C=O) groups excluding carboxylic acids is 1. The molecule has 0 fully saturated rings. The number of nitrogens with zero attached hydrogens (tertiary/aromatic N) is 1. The summed E-state index contributed by atoms with van der Waals surface area (Å²) in [5, 5.41) is 9.53. The van der Waals surface area contributed by atoms with Crippen molar-refractivity contribution < 1.29 is 14.6 Å². The maximum atomic E-state index is 11.2. The molecule has 1 heterocycles. The number of esters is 1. The van der Waals surface area contributed by atoms with Crippen LogP contribution in [0.3, 0.4) is 0 Å². The van der Waals surface area contributed by atoms with Crippen LogP contribution < -0.4 is 0 Å². The van der Waals surface area contributed by atoms with Crippen LogP contribution in [0.15, 0.2) is 18.5 Å². The van der Waals surface area contributed by atoms with Crippen LogP contribution >= 0.6 is 22.6 Å². The maximum absolute atomic E-state index is 11.2. The lowest BCUT2D eigenvalue weighted by Gasteiger charge is -2.09. The highest BCUT2D eigenvalue weighted by atomic mass is 127. The second-order valence-corrected chi connectivity index (χ2v) is 3.84. The van der Waals surface area contributed by atoms with E-state index in [4.69, 9.17) is 0 Å². The molecule has 0 aliphatic rings. The van der Waals surface area contributed by atoms with E-state index in [0.717, 1.165) is 3.57 Å². The van der Waals surface area contributed by atoms with Crippen molar-refractivity contribution in [2.45, 2.75) is 13.0 Å². The van der Waals surface area contributed by atoms with Crippen molar-refractivity contribution in [1.82, 2.24) is 4.98 Å². The van der Waals surface area contributed by atoms with Crippen LogP contribution in [0.1, 0.15) is 18.6 Å². The quantitative estimate of drug-likeness (QED) is 0.675. The molecule has 1 aromatic rings. The first-order valence-corrected chi connectivity index (χ1v) is 5.18. The van der Waals surface area contributed by atoms with Gasteiger partial charge in [-0.05, 0) is 35.6 Å². The highest BCUT2D eigenvalue weighted by molar-refractivity contribution is 14.1. The van der Waals surface area contributed by atoms with E-state index >= 15 is 0 Å². The van der Waals surface area contributed by atoms with Gasteiger partial charge in [-0.15, -0.1) is 0 Å². The average molecular weight is 307 g/mol. The van der Waals surface area contributed by atoms with Gasteiger partial charge in [0, 0.05) is 21.5 Å². The topological polar surface area (TPSA) is 59.4 Å². The monoisotopic (exact) mass is 307 g/mol. The number of carbonyl (C=O) groups is 1. The highest BCUT2D eigenvalue weighted by Gasteiger charge is 2.18. The zero-order chi connectivity index (χ0) is 10.6. The van der Waals surface area contributed by atoms with E-state index in [1.807, 2.05) is 0 Å². The van der Waals surface area contributed by atoms with Crippen LogP contribution in [0, 0.1) is 3.57 Å². The molecule has 5 heteroatoms. The Balaban J connectivity index is 2.78. The predicted molar refractivity (Wildman–Crippen MR) is 58.5 cm³/mol. The number of hydrogen-bond donors (Lipinski definition) is 1. The molecule has 76 valence electrons. The van der Waals surface area contributed by atoms with E-state index < -0.39 is 12.1 Å². The summed E-state index contributed by atoms with van der Waals surface area (Å²) in [6.07, 6.45) is 1.85. The fourth-order valence-electron chi connectivity index (χ4n) is 0.935. The molecule has 0 unspecified atom stereocenters. The molecule has 0 aromatic carbocycles. The van der Waals surface area contributed by atoms with E-state index in [-0.39, 0.29) is 6.61 Å². The summed E-state index contributed by atoms with van der Waals surface area (Å²) in [6, 6.07) is 1.69. The number of aliphatic hydroxyl groups excluding tert-OH is 1. The first-order valence-electron chi connectivity index (χ1n) is 4.10. The molecule has 0 radical (unpaired) electrons. The van der Waals surface area contributed by atoms with Crippen molar-refractivity contribution in [2.24, 2.45) is 0 Å². The average Bonchev–Trinajstić information content (AvgIpc) is 2.17. The lowest BCUT2D eigenvalue weighted by Crippen LogP contribution is -2.15. The molecule has 14 heavy (non-hydrogen) atoms. The van der Waals surface area contributed by atoms with E-state index in [1.165, 1.54) is 6.20 Å². The molecular formula is C9H10INO3. The van der Waals surface area contributed by atoms with Gasteiger partial charge in [-0.3, -0.25) is 4.98 Å². The van der Waals surface area contributed by atoms with Crippen molar-refractivity contribution in [2.75, 3.05) is 6.61 Å². The third kappa shape index (κ3) is 2.91. The zero-order valence-corrected chi connectivity index (χ0v) is 9.76. The predicted octanol–water partition coefficient (Wildman–Crippen LogP) is 1.28. The molecule has 0 aliphatic heterocycles. The third-order valence-electron chi connectivity index (χ3n) is 1.55. The second-order valence-electron chi connectivity index (χ2n) is 2.59. The van der Waals surface area contributed by atoms with Gasteiger partial charge in [0.15, 0.2) is 6.10 Å².